The van der Waals surface area contributed by atoms with Crippen LogP contribution in [0, 0.1) is 0 Å². The number of hydrogen-bond acceptors (Lipinski definition) is 4. The second-order valence-corrected chi connectivity index (χ2v) is 8.20. The van der Waals surface area contributed by atoms with Gasteiger partial charge in [0.1, 0.15) is 29.7 Å². The Morgan fingerprint density at radius 3 is 2.41 bits per heavy atom. The summed E-state index contributed by atoms with van der Waals surface area (Å²) in [4.78, 5) is 4.82. The Bertz CT molecular complexity index is 1390. The second-order valence-electron chi connectivity index (χ2n) is 8.20. The largest absolute Gasteiger partial charge is 0.497 e. The number of imidazole rings is 1. The first-order valence-electron chi connectivity index (χ1n) is 11.6. The van der Waals surface area contributed by atoms with Crippen LogP contribution in [-0.2, 0) is 13.2 Å². The van der Waals surface area contributed by atoms with E-state index in [9.17, 15) is 0 Å². The molecule has 0 saturated heterocycles. The standard InChI is InChI=1S/C29H28N2O3/c1-32-24-11-8-12-25(20-24)34-21-29-30-27-13-4-5-14-28(27)31(29)17-6-7-18-33-26-16-15-22-9-2-3-10-23(22)19-26/h2-5,8-16,19-20H,6-7,17-18,21H2,1H3. The number of ether oxygens (including phenoxy) is 3. The van der Waals surface area contributed by atoms with E-state index in [1.165, 1.54) is 10.8 Å². The molecule has 0 aliphatic heterocycles. The van der Waals surface area contributed by atoms with Gasteiger partial charge in [0.15, 0.2) is 0 Å². The van der Waals surface area contributed by atoms with Gasteiger partial charge in [-0.25, -0.2) is 4.98 Å². The summed E-state index contributed by atoms with van der Waals surface area (Å²) >= 11 is 0. The smallest absolute Gasteiger partial charge is 0.147 e. The van der Waals surface area contributed by atoms with Gasteiger partial charge >= 0.3 is 0 Å². The van der Waals surface area contributed by atoms with E-state index in [2.05, 4.69) is 53.1 Å². The van der Waals surface area contributed by atoms with Gasteiger partial charge in [0.25, 0.3) is 0 Å². The maximum absolute atomic E-state index is 6.04. The topological polar surface area (TPSA) is 45.5 Å². The number of benzene rings is 4. The Balaban J connectivity index is 1.21. The van der Waals surface area contributed by atoms with Crippen molar-refractivity contribution >= 4 is 21.8 Å². The van der Waals surface area contributed by atoms with Gasteiger partial charge < -0.3 is 18.8 Å². The molecule has 5 nitrogen and oxygen atoms in total. The van der Waals surface area contributed by atoms with Crippen LogP contribution in [0.2, 0.25) is 0 Å². The number of unbranched alkanes of at least 4 members (excludes halogenated alkanes) is 1. The zero-order valence-corrected chi connectivity index (χ0v) is 19.3. The maximum Gasteiger partial charge on any atom is 0.147 e. The molecule has 0 aliphatic rings. The minimum Gasteiger partial charge on any atom is -0.497 e. The number of para-hydroxylation sites is 2. The first-order valence-corrected chi connectivity index (χ1v) is 11.6. The van der Waals surface area contributed by atoms with Crippen molar-refractivity contribution in [2.24, 2.45) is 0 Å². The van der Waals surface area contributed by atoms with Gasteiger partial charge in [-0.2, -0.15) is 0 Å². The minimum absolute atomic E-state index is 0.398. The van der Waals surface area contributed by atoms with Gasteiger partial charge in [0.2, 0.25) is 0 Å². The fourth-order valence-corrected chi connectivity index (χ4v) is 4.14. The van der Waals surface area contributed by atoms with Gasteiger partial charge in [-0.1, -0.05) is 48.5 Å². The van der Waals surface area contributed by atoms with Gasteiger partial charge in [-0.15, -0.1) is 0 Å². The van der Waals surface area contributed by atoms with Crippen molar-refractivity contribution in [3.63, 3.8) is 0 Å². The van der Waals surface area contributed by atoms with Crippen molar-refractivity contribution in [3.05, 3.63) is 96.8 Å². The number of methoxy groups -OCH3 is 1. The van der Waals surface area contributed by atoms with Gasteiger partial charge in [-0.05, 0) is 60.0 Å². The SMILES string of the molecule is COc1cccc(OCc2nc3ccccc3n2CCCCOc2ccc3ccccc3c2)c1. The zero-order chi connectivity index (χ0) is 23.2. The molecule has 0 radical (unpaired) electrons. The van der Waals surface area contributed by atoms with Crippen LogP contribution in [0.5, 0.6) is 17.2 Å². The lowest BCUT2D eigenvalue weighted by atomic mass is 10.1. The Labute approximate surface area is 199 Å². The Kier molecular flexibility index (Phi) is 6.61. The third-order valence-corrected chi connectivity index (χ3v) is 5.91. The van der Waals surface area contributed by atoms with E-state index in [1.807, 2.05) is 42.5 Å². The predicted molar refractivity (Wildman–Crippen MR) is 136 cm³/mol. The highest BCUT2D eigenvalue weighted by atomic mass is 16.5. The van der Waals surface area contributed by atoms with Crippen LogP contribution in [0.25, 0.3) is 21.8 Å². The van der Waals surface area contributed by atoms with Gasteiger partial charge in [0, 0.05) is 12.6 Å². The van der Waals surface area contributed by atoms with E-state index in [1.54, 1.807) is 7.11 Å². The molecule has 1 heterocycles. The van der Waals surface area contributed by atoms with E-state index in [0.717, 1.165) is 53.5 Å². The summed E-state index contributed by atoms with van der Waals surface area (Å²) in [6, 6.07) is 30.5. The first kappa shape index (κ1) is 21.8. The summed E-state index contributed by atoms with van der Waals surface area (Å²) in [5.74, 6) is 3.37. The van der Waals surface area contributed by atoms with Crippen LogP contribution in [0.4, 0.5) is 0 Å². The highest BCUT2D eigenvalue weighted by Crippen LogP contribution is 2.23. The second kappa shape index (κ2) is 10.3. The lowest BCUT2D eigenvalue weighted by molar-refractivity contribution is 0.283. The average molecular weight is 453 g/mol. The number of hydrogen-bond donors (Lipinski definition) is 0. The van der Waals surface area contributed by atoms with Crippen molar-refractivity contribution in [1.82, 2.24) is 9.55 Å². The van der Waals surface area contributed by atoms with Crippen LogP contribution in [0.1, 0.15) is 18.7 Å². The first-order chi connectivity index (χ1) is 16.8. The maximum atomic E-state index is 6.04. The normalized spacial score (nSPS) is 11.1. The molecule has 0 aliphatic carbocycles. The number of fused-ring (bicyclic) bond motifs is 2. The fraction of sp³-hybridized carbons (Fsp3) is 0.207. The molecule has 0 unspecified atom stereocenters. The molecular formula is C29H28N2O3. The summed E-state index contributed by atoms with van der Waals surface area (Å²) in [5, 5.41) is 2.43. The van der Waals surface area contributed by atoms with Crippen LogP contribution in [0.3, 0.4) is 0 Å². The molecule has 0 saturated carbocycles. The molecule has 5 aromatic rings. The number of aromatic nitrogens is 2. The van der Waals surface area contributed by atoms with Crippen molar-refractivity contribution in [3.8, 4) is 17.2 Å². The van der Waals surface area contributed by atoms with Crippen molar-refractivity contribution in [2.75, 3.05) is 13.7 Å². The van der Waals surface area contributed by atoms with Crippen LogP contribution in [-0.4, -0.2) is 23.3 Å². The molecule has 0 spiro atoms. The quantitative estimate of drug-likeness (QED) is 0.223. The molecule has 0 N–H and O–H groups in total. The molecule has 34 heavy (non-hydrogen) atoms. The summed E-state index contributed by atoms with van der Waals surface area (Å²) in [6.45, 7) is 1.94. The fourth-order valence-electron chi connectivity index (χ4n) is 4.14. The monoisotopic (exact) mass is 452 g/mol. The molecule has 0 bridgehead atoms. The van der Waals surface area contributed by atoms with E-state index < -0.39 is 0 Å². The molecule has 4 aromatic carbocycles. The molecule has 0 fully saturated rings. The Morgan fingerprint density at radius 1 is 0.706 bits per heavy atom. The number of aryl methyl sites for hydroxylation is 1. The third kappa shape index (κ3) is 4.99. The number of rotatable bonds is 10. The molecule has 0 atom stereocenters. The lowest BCUT2D eigenvalue weighted by Crippen LogP contribution is -2.09. The predicted octanol–water partition coefficient (Wildman–Crippen LogP) is 6.64. The molecule has 0 amide bonds. The van der Waals surface area contributed by atoms with Crippen LogP contribution in [0.15, 0.2) is 91.0 Å². The molecule has 5 heteroatoms. The van der Waals surface area contributed by atoms with Gasteiger partial charge in [-0.3, -0.25) is 0 Å². The summed E-state index contributed by atoms with van der Waals surface area (Å²) in [6.07, 6.45) is 1.94. The highest BCUT2D eigenvalue weighted by molar-refractivity contribution is 5.83. The average Bonchev–Trinajstić information content (AvgIpc) is 3.24. The summed E-state index contributed by atoms with van der Waals surface area (Å²) < 4.78 is 19.6. The van der Waals surface area contributed by atoms with Crippen molar-refractivity contribution in [1.29, 1.82) is 0 Å². The van der Waals surface area contributed by atoms with Gasteiger partial charge in [0.05, 0.1) is 24.8 Å². The summed E-state index contributed by atoms with van der Waals surface area (Å²) in [5.41, 5.74) is 2.11. The van der Waals surface area contributed by atoms with Crippen molar-refractivity contribution < 1.29 is 14.2 Å². The zero-order valence-electron chi connectivity index (χ0n) is 19.3. The molecule has 5 rings (SSSR count). The minimum atomic E-state index is 0.398. The molecular weight excluding hydrogens is 424 g/mol. The molecule has 1 aromatic heterocycles. The lowest BCUT2D eigenvalue weighted by Gasteiger charge is -2.12. The highest BCUT2D eigenvalue weighted by Gasteiger charge is 2.11. The van der Waals surface area contributed by atoms with E-state index in [4.69, 9.17) is 19.2 Å². The summed E-state index contributed by atoms with van der Waals surface area (Å²) in [7, 11) is 1.66. The van der Waals surface area contributed by atoms with E-state index in [-0.39, 0.29) is 0 Å². The van der Waals surface area contributed by atoms with Crippen molar-refractivity contribution in [2.45, 2.75) is 26.0 Å². The number of nitrogens with zero attached hydrogens (tertiary/aromatic N) is 2. The van der Waals surface area contributed by atoms with Crippen LogP contribution < -0.4 is 14.2 Å². The molecule has 172 valence electrons. The Hall–Kier alpha value is -3.99. The Morgan fingerprint density at radius 2 is 1.50 bits per heavy atom. The van der Waals surface area contributed by atoms with Crippen LogP contribution >= 0.6 is 0 Å². The third-order valence-electron chi connectivity index (χ3n) is 5.91. The van der Waals surface area contributed by atoms with E-state index in [0.29, 0.717) is 13.2 Å². The van der Waals surface area contributed by atoms with E-state index >= 15 is 0 Å².